The first-order valence-electron chi connectivity index (χ1n) is 12.0. The summed E-state index contributed by atoms with van der Waals surface area (Å²) in [4.78, 5) is 11.4. The summed E-state index contributed by atoms with van der Waals surface area (Å²) in [6, 6.07) is 0. The second-order valence-electron chi connectivity index (χ2n) is 8.32. The Morgan fingerprint density at radius 1 is 0.714 bits per heavy atom. The molecule has 28 heavy (non-hydrogen) atoms. The van der Waals surface area contributed by atoms with Gasteiger partial charge in [0.25, 0.3) is 0 Å². The second-order valence-corrected chi connectivity index (χ2v) is 8.32. The van der Waals surface area contributed by atoms with Crippen LogP contribution in [0, 0.1) is 0 Å². The lowest BCUT2D eigenvalue weighted by atomic mass is 9.98. The third kappa shape index (κ3) is 10.9. The van der Waals surface area contributed by atoms with Crippen molar-refractivity contribution in [3.63, 3.8) is 0 Å². The molecule has 0 aliphatic rings. The fourth-order valence-corrected chi connectivity index (χ4v) is 3.97. The predicted octanol–water partition coefficient (Wildman–Crippen LogP) is 8.34. The topological polar surface area (TPSA) is 50.4 Å². The number of unbranched alkanes of at least 4 members (excludes halogenated alkanes) is 14. The number of rotatable bonds is 19. The molecule has 0 saturated carbocycles. The van der Waals surface area contributed by atoms with Gasteiger partial charge in [-0.2, -0.15) is 0 Å². The van der Waals surface area contributed by atoms with E-state index in [1.54, 1.807) is 6.26 Å². The van der Waals surface area contributed by atoms with Crippen molar-refractivity contribution < 1.29 is 14.3 Å². The zero-order valence-corrected chi connectivity index (χ0v) is 18.6. The van der Waals surface area contributed by atoms with E-state index >= 15 is 0 Å². The molecule has 0 saturated heterocycles. The maximum Gasteiger partial charge on any atom is 0.372 e. The molecular weight excluding hydrogens is 348 g/mol. The summed E-state index contributed by atoms with van der Waals surface area (Å²) in [7, 11) is 0. The van der Waals surface area contributed by atoms with E-state index in [1.807, 2.05) is 0 Å². The molecule has 1 aromatic rings. The molecule has 0 unspecified atom stereocenters. The normalized spacial score (nSPS) is 11.2. The minimum atomic E-state index is -0.922. The second kappa shape index (κ2) is 16.7. The first kappa shape index (κ1) is 24.8. The summed E-state index contributed by atoms with van der Waals surface area (Å²) < 4.78 is 5.37. The Labute approximate surface area is 173 Å². The summed E-state index contributed by atoms with van der Waals surface area (Å²) in [5.74, 6) is -0.748. The van der Waals surface area contributed by atoms with Gasteiger partial charge in [-0.15, -0.1) is 0 Å². The van der Waals surface area contributed by atoms with Gasteiger partial charge < -0.3 is 9.52 Å². The Hall–Kier alpha value is -1.25. The van der Waals surface area contributed by atoms with Gasteiger partial charge in [0.2, 0.25) is 5.76 Å². The summed E-state index contributed by atoms with van der Waals surface area (Å²) in [5, 5.41) is 9.39. The van der Waals surface area contributed by atoms with Crippen molar-refractivity contribution in [1.29, 1.82) is 0 Å². The number of aryl methyl sites for hydroxylation is 1. The number of hydrogen-bond donors (Lipinski definition) is 1. The molecule has 0 aromatic carbocycles. The van der Waals surface area contributed by atoms with Crippen LogP contribution < -0.4 is 0 Å². The van der Waals surface area contributed by atoms with Crippen LogP contribution in [-0.2, 0) is 12.8 Å². The lowest BCUT2D eigenvalue weighted by molar-refractivity contribution is 0.0660. The van der Waals surface area contributed by atoms with Crippen LogP contribution in [-0.4, -0.2) is 11.1 Å². The molecule has 0 atom stereocenters. The van der Waals surface area contributed by atoms with E-state index in [2.05, 4.69) is 13.8 Å². The molecule has 3 nitrogen and oxygen atoms in total. The first-order chi connectivity index (χ1) is 13.7. The van der Waals surface area contributed by atoms with Crippen molar-refractivity contribution in [2.24, 2.45) is 0 Å². The number of carbonyl (C=O) groups is 1. The molecule has 0 aliphatic heterocycles. The van der Waals surface area contributed by atoms with E-state index in [1.165, 1.54) is 89.9 Å². The minimum absolute atomic E-state index is 0.175. The van der Waals surface area contributed by atoms with E-state index < -0.39 is 5.97 Å². The van der Waals surface area contributed by atoms with Gasteiger partial charge in [-0.05, 0) is 31.2 Å². The third-order valence-corrected chi connectivity index (χ3v) is 5.75. The van der Waals surface area contributed by atoms with Crippen molar-refractivity contribution in [1.82, 2.24) is 0 Å². The summed E-state index contributed by atoms with van der Waals surface area (Å²) >= 11 is 0. The van der Waals surface area contributed by atoms with Crippen molar-refractivity contribution in [2.45, 2.75) is 129 Å². The maximum absolute atomic E-state index is 11.4. The minimum Gasteiger partial charge on any atom is -0.475 e. The summed E-state index contributed by atoms with van der Waals surface area (Å²) in [5.41, 5.74) is 2.08. The maximum atomic E-state index is 11.4. The molecule has 1 aromatic heterocycles. The van der Waals surface area contributed by atoms with Crippen LogP contribution in [0.2, 0.25) is 0 Å². The molecule has 0 amide bonds. The quantitative estimate of drug-likeness (QED) is 0.241. The first-order valence-corrected chi connectivity index (χ1v) is 12.0. The lowest BCUT2D eigenvalue weighted by Gasteiger charge is -2.05. The van der Waals surface area contributed by atoms with E-state index in [0.717, 1.165) is 36.8 Å². The molecule has 1 heterocycles. The molecule has 0 aliphatic carbocycles. The van der Waals surface area contributed by atoms with Crippen molar-refractivity contribution in [3.8, 4) is 0 Å². The van der Waals surface area contributed by atoms with E-state index in [4.69, 9.17) is 4.42 Å². The summed E-state index contributed by atoms with van der Waals surface area (Å²) in [6.45, 7) is 4.48. The predicted molar refractivity (Wildman–Crippen MR) is 118 cm³/mol. The number of aromatic carboxylic acids is 1. The number of furan rings is 1. The Balaban J connectivity index is 2.18. The molecule has 1 N–H and O–H groups in total. The molecule has 0 bridgehead atoms. The van der Waals surface area contributed by atoms with E-state index in [9.17, 15) is 9.90 Å². The van der Waals surface area contributed by atoms with Crippen LogP contribution in [0.5, 0.6) is 0 Å². The monoisotopic (exact) mass is 392 g/mol. The van der Waals surface area contributed by atoms with Crippen LogP contribution in [0.25, 0.3) is 0 Å². The highest BCUT2D eigenvalue weighted by Crippen LogP contribution is 2.23. The fourth-order valence-electron chi connectivity index (χ4n) is 3.97. The van der Waals surface area contributed by atoms with Gasteiger partial charge in [0, 0.05) is 5.56 Å². The fraction of sp³-hybridized carbons (Fsp3) is 0.800. The molecular formula is C25H44O3. The molecule has 162 valence electrons. The molecule has 0 spiro atoms. The van der Waals surface area contributed by atoms with Crippen molar-refractivity contribution >= 4 is 5.97 Å². The number of carboxylic acids is 1. The highest BCUT2D eigenvalue weighted by Gasteiger charge is 2.18. The Kier molecular flexibility index (Phi) is 14.8. The van der Waals surface area contributed by atoms with Gasteiger partial charge in [0.15, 0.2) is 0 Å². The van der Waals surface area contributed by atoms with Crippen molar-refractivity contribution in [2.75, 3.05) is 0 Å². The number of hydrogen-bond acceptors (Lipinski definition) is 2. The van der Waals surface area contributed by atoms with Crippen LogP contribution in [0.4, 0.5) is 0 Å². The average molecular weight is 393 g/mol. The zero-order chi connectivity index (χ0) is 20.5. The lowest BCUT2D eigenvalue weighted by Crippen LogP contribution is -2.01. The highest BCUT2D eigenvalue weighted by molar-refractivity contribution is 5.86. The zero-order valence-electron chi connectivity index (χ0n) is 18.6. The Bertz CT molecular complexity index is 504. The van der Waals surface area contributed by atoms with Crippen LogP contribution in [0.1, 0.15) is 138 Å². The molecule has 1 rings (SSSR count). The third-order valence-electron chi connectivity index (χ3n) is 5.75. The van der Waals surface area contributed by atoms with Gasteiger partial charge in [-0.25, -0.2) is 4.79 Å². The van der Waals surface area contributed by atoms with Gasteiger partial charge in [-0.3, -0.25) is 0 Å². The van der Waals surface area contributed by atoms with E-state index in [0.29, 0.717) is 0 Å². The van der Waals surface area contributed by atoms with Crippen LogP contribution >= 0.6 is 0 Å². The van der Waals surface area contributed by atoms with Crippen LogP contribution in [0.3, 0.4) is 0 Å². The largest absolute Gasteiger partial charge is 0.475 e. The Morgan fingerprint density at radius 2 is 1.14 bits per heavy atom. The molecule has 0 radical (unpaired) electrons. The summed E-state index contributed by atoms with van der Waals surface area (Å²) in [6.07, 6.45) is 24.2. The number of carboxylic acid groups (broad SMARTS) is 1. The van der Waals surface area contributed by atoms with Gasteiger partial charge in [0.05, 0.1) is 6.26 Å². The highest BCUT2D eigenvalue weighted by atomic mass is 16.4. The van der Waals surface area contributed by atoms with Crippen LogP contribution in [0.15, 0.2) is 10.7 Å². The van der Waals surface area contributed by atoms with Crippen molar-refractivity contribution in [3.05, 3.63) is 23.2 Å². The molecule has 0 fully saturated rings. The molecule has 3 heteroatoms. The van der Waals surface area contributed by atoms with Gasteiger partial charge in [0.1, 0.15) is 0 Å². The smallest absolute Gasteiger partial charge is 0.372 e. The Morgan fingerprint density at radius 3 is 1.64 bits per heavy atom. The standard InChI is InChI=1S/C25H44O3/c1-3-5-7-9-10-11-12-13-14-15-16-18-20-23-22(19-17-8-6-4-2)21-28-24(23)25(26)27/h21H,3-20H2,1-2H3,(H,26,27). The average Bonchev–Trinajstić information content (AvgIpc) is 3.09. The SMILES string of the molecule is CCCCCCCCCCCCCCc1c(CCCCCC)coc1C(=O)O. The van der Waals surface area contributed by atoms with Gasteiger partial charge in [-0.1, -0.05) is 104 Å². The van der Waals surface area contributed by atoms with Gasteiger partial charge >= 0.3 is 5.97 Å². The van der Waals surface area contributed by atoms with E-state index in [-0.39, 0.29) is 5.76 Å².